The van der Waals surface area contributed by atoms with Gasteiger partial charge in [-0.1, -0.05) is 60.7 Å². The SMILES string of the molecule is CC(C)(C)OC(=O)CC(CC(=O)c1ccccc1)c1ccccc1. The van der Waals surface area contributed by atoms with Gasteiger partial charge in [0, 0.05) is 17.9 Å². The molecule has 3 nitrogen and oxygen atoms in total. The number of hydrogen-bond donors (Lipinski definition) is 0. The van der Waals surface area contributed by atoms with Crippen molar-refractivity contribution in [1.82, 2.24) is 0 Å². The van der Waals surface area contributed by atoms with Gasteiger partial charge in [0.05, 0.1) is 6.42 Å². The molecule has 3 heteroatoms. The van der Waals surface area contributed by atoms with Crippen LogP contribution in [0.5, 0.6) is 0 Å². The Kier molecular flexibility index (Phi) is 5.91. The van der Waals surface area contributed by atoms with E-state index in [1.54, 1.807) is 12.1 Å². The molecule has 0 spiro atoms. The van der Waals surface area contributed by atoms with E-state index in [0.717, 1.165) is 5.56 Å². The fourth-order valence-electron chi connectivity index (χ4n) is 2.58. The third kappa shape index (κ3) is 5.65. The second-order valence-electron chi connectivity index (χ2n) is 6.89. The third-order valence-electron chi connectivity index (χ3n) is 3.63. The number of benzene rings is 2. The molecule has 0 aromatic heterocycles. The van der Waals surface area contributed by atoms with E-state index in [-0.39, 0.29) is 30.5 Å². The minimum Gasteiger partial charge on any atom is -0.460 e. The molecule has 0 radical (unpaired) electrons. The van der Waals surface area contributed by atoms with Crippen LogP contribution in [0, 0.1) is 0 Å². The Labute approximate surface area is 143 Å². The Morgan fingerprint density at radius 3 is 1.96 bits per heavy atom. The van der Waals surface area contributed by atoms with E-state index in [2.05, 4.69) is 0 Å². The van der Waals surface area contributed by atoms with Crippen molar-refractivity contribution in [2.75, 3.05) is 0 Å². The van der Waals surface area contributed by atoms with Gasteiger partial charge < -0.3 is 4.74 Å². The van der Waals surface area contributed by atoms with Crippen molar-refractivity contribution < 1.29 is 14.3 Å². The highest BCUT2D eigenvalue weighted by molar-refractivity contribution is 5.96. The molecule has 1 unspecified atom stereocenters. The van der Waals surface area contributed by atoms with Crippen LogP contribution in [-0.4, -0.2) is 17.4 Å². The Morgan fingerprint density at radius 2 is 1.42 bits per heavy atom. The number of ether oxygens (including phenoxy) is 1. The molecule has 126 valence electrons. The first-order chi connectivity index (χ1) is 11.3. The summed E-state index contributed by atoms with van der Waals surface area (Å²) in [5.74, 6) is -0.431. The molecule has 0 amide bonds. The highest BCUT2D eigenvalue weighted by Gasteiger charge is 2.24. The Morgan fingerprint density at radius 1 is 0.875 bits per heavy atom. The normalized spacial score (nSPS) is 12.5. The molecule has 0 N–H and O–H groups in total. The van der Waals surface area contributed by atoms with E-state index in [1.807, 2.05) is 69.3 Å². The predicted molar refractivity (Wildman–Crippen MR) is 95.0 cm³/mol. The molecule has 2 aromatic rings. The van der Waals surface area contributed by atoms with Crippen LogP contribution >= 0.6 is 0 Å². The van der Waals surface area contributed by atoms with Gasteiger partial charge in [-0.05, 0) is 26.3 Å². The number of rotatable bonds is 6. The van der Waals surface area contributed by atoms with Crippen LogP contribution in [0.4, 0.5) is 0 Å². The van der Waals surface area contributed by atoms with Crippen molar-refractivity contribution in [2.24, 2.45) is 0 Å². The summed E-state index contributed by atoms with van der Waals surface area (Å²) >= 11 is 0. The Bertz CT molecular complexity index is 669. The number of Topliss-reactive ketones (excluding diaryl/α,β-unsaturated/α-hetero) is 1. The quantitative estimate of drug-likeness (QED) is 0.567. The summed E-state index contributed by atoms with van der Waals surface area (Å²) in [6.45, 7) is 5.53. The van der Waals surface area contributed by atoms with Crippen LogP contribution in [0.25, 0.3) is 0 Å². The lowest BCUT2D eigenvalue weighted by atomic mass is 9.89. The first-order valence-corrected chi connectivity index (χ1v) is 8.20. The van der Waals surface area contributed by atoms with Crippen LogP contribution in [-0.2, 0) is 9.53 Å². The summed E-state index contributed by atoms with van der Waals surface area (Å²) in [5.41, 5.74) is 1.12. The van der Waals surface area contributed by atoms with Crippen molar-refractivity contribution >= 4 is 11.8 Å². The topological polar surface area (TPSA) is 43.4 Å². The van der Waals surface area contributed by atoms with Crippen molar-refractivity contribution in [1.29, 1.82) is 0 Å². The first kappa shape index (κ1) is 17.9. The van der Waals surface area contributed by atoms with E-state index < -0.39 is 5.60 Å². The number of ketones is 1. The van der Waals surface area contributed by atoms with Crippen LogP contribution in [0.1, 0.15) is 55.5 Å². The average molecular weight is 324 g/mol. The average Bonchev–Trinajstić information content (AvgIpc) is 2.54. The van der Waals surface area contributed by atoms with Crippen LogP contribution in [0.2, 0.25) is 0 Å². The zero-order valence-corrected chi connectivity index (χ0v) is 14.5. The second kappa shape index (κ2) is 7.91. The van der Waals surface area contributed by atoms with Gasteiger partial charge in [0.1, 0.15) is 5.60 Å². The van der Waals surface area contributed by atoms with E-state index in [1.165, 1.54) is 0 Å². The van der Waals surface area contributed by atoms with Gasteiger partial charge in [-0.3, -0.25) is 9.59 Å². The molecule has 0 aliphatic carbocycles. The van der Waals surface area contributed by atoms with Crippen LogP contribution in [0.3, 0.4) is 0 Å². The fraction of sp³-hybridized carbons (Fsp3) is 0.333. The predicted octanol–water partition coefficient (Wildman–Crippen LogP) is 4.78. The third-order valence-corrected chi connectivity index (χ3v) is 3.63. The van der Waals surface area contributed by atoms with Crippen molar-refractivity contribution in [3.63, 3.8) is 0 Å². The molecule has 0 bridgehead atoms. The summed E-state index contributed by atoms with van der Waals surface area (Å²) in [7, 11) is 0. The zero-order chi connectivity index (χ0) is 17.6. The number of hydrogen-bond acceptors (Lipinski definition) is 3. The summed E-state index contributed by atoms with van der Waals surface area (Å²) < 4.78 is 5.43. The summed E-state index contributed by atoms with van der Waals surface area (Å²) in [6.07, 6.45) is 0.479. The maximum atomic E-state index is 12.5. The maximum absolute atomic E-state index is 12.5. The lowest BCUT2D eigenvalue weighted by Crippen LogP contribution is -2.25. The molecule has 0 aliphatic heterocycles. The van der Waals surface area contributed by atoms with Gasteiger partial charge in [-0.25, -0.2) is 0 Å². The fourth-order valence-corrected chi connectivity index (χ4v) is 2.58. The summed E-state index contributed by atoms with van der Waals surface area (Å²) in [5, 5.41) is 0. The minimum atomic E-state index is -0.526. The van der Waals surface area contributed by atoms with Crippen molar-refractivity contribution in [2.45, 2.75) is 45.1 Å². The van der Waals surface area contributed by atoms with Gasteiger partial charge in [-0.15, -0.1) is 0 Å². The van der Waals surface area contributed by atoms with Gasteiger partial charge in [0.25, 0.3) is 0 Å². The van der Waals surface area contributed by atoms with Crippen LogP contribution in [0.15, 0.2) is 60.7 Å². The smallest absolute Gasteiger partial charge is 0.306 e. The molecule has 0 saturated carbocycles. The van der Waals surface area contributed by atoms with Gasteiger partial charge in [-0.2, -0.15) is 0 Å². The Hall–Kier alpha value is -2.42. The monoisotopic (exact) mass is 324 g/mol. The molecule has 2 aromatic carbocycles. The maximum Gasteiger partial charge on any atom is 0.306 e. The molecule has 0 heterocycles. The number of esters is 1. The standard InChI is InChI=1S/C21H24O3/c1-21(2,3)24-20(23)15-18(16-10-6-4-7-11-16)14-19(22)17-12-8-5-9-13-17/h4-13,18H,14-15H2,1-3H3. The number of carbonyl (C=O) groups is 2. The molecule has 2 rings (SSSR count). The molecule has 0 fully saturated rings. The minimum absolute atomic E-state index is 0.0352. The lowest BCUT2D eigenvalue weighted by molar-refractivity contribution is -0.155. The van der Waals surface area contributed by atoms with Crippen LogP contribution < -0.4 is 0 Å². The molecular formula is C21H24O3. The van der Waals surface area contributed by atoms with Gasteiger partial charge >= 0.3 is 5.97 Å². The summed E-state index contributed by atoms with van der Waals surface area (Å²) in [4.78, 5) is 24.8. The van der Waals surface area contributed by atoms with Gasteiger partial charge in [0.2, 0.25) is 0 Å². The Balaban J connectivity index is 2.15. The molecular weight excluding hydrogens is 300 g/mol. The number of carbonyl (C=O) groups excluding carboxylic acids is 2. The summed E-state index contributed by atoms with van der Waals surface area (Å²) in [6, 6.07) is 18.8. The van der Waals surface area contributed by atoms with Gasteiger partial charge in [0.15, 0.2) is 5.78 Å². The van der Waals surface area contributed by atoms with Crippen molar-refractivity contribution in [3.8, 4) is 0 Å². The first-order valence-electron chi connectivity index (χ1n) is 8.20. The zero-order valence-electron chi connectivity index (χ0n) is 14.5. The lowest BCUT2D eigenvalue weighted by Gasteiger charge is -2.22. The largest absolute Gasteiger partial charge is 0.460 e. The molecule has 1 atom stereocenters. The molecule has 0 saturated heterocycles. The second-order valence-corrected chi connectivity index (χ2v) is 6.89. The molecule has 24 heavy (non-hydrogen) atoms. The highest BCUT2D eigenvalue weighted by atomic mass is 16.6. The van der Waals surface area contributed by atoms with E-state index >= 15 is 0 Å². The van der Waals surface area contributed by atoms with E-state index in [0.29, 0.717) is 5.56 Å². The van der Waals surface area contributed by atoms with Crippen molar-refractivity contribution in [3.05, 3.63) is 71.8 Å². The highest BCUT2D eigenvalue weighted by Crippen LogP contribution is 2.26. The molecule has 0 aliphatic rings. The van der Waals surface area contributed by atoms with E-state index in [4.69, 9.17) is 4.74 Å². The van der Waals surface area contributed by atoms with E-state index in [9.17, 15) is 9.59 Å².